The van der Waals surface area contributed by atoms with E-state index in [0.29, 0.717) is 13.0 Å². The lowest BCUT2D eigenvalue weighted by Gasteiger charge is -2.37. The van der Waals surface area contributed by atoms with E-state index in [4.69, 9.17) is 0 Å². The Balaban J connectivity index is 2.53. The van der Waals surface area contributed by atoms with Crippen LogP contribution < -0.4 is 5.32 Å². The molecule has 98 valence electrons. The van der Waals surface area contributed by atoms with Crippen molar-refractivity contribution in [2.75, 3.05) is 6.54 Å². The number of hydrogen-bond donors (Lipinski definition) is 1. The molecule has 2 atom stereocenters. The van der Waals surface area contributed by atoms with E-state index in [0.717, 1.165) is 12.8 Å². The van der Waals surface area contributed by atoms with Crippen molar-refractivity contribution in [3.05, 3.63) is 0 Å². The molecule has 1 N–H and O–H groups in total. The summed E-state index contributed by atoms with van der Waals surface area (Å²) in [6.07, 6.45) is 5.17. The lowest BCUT2D eigenvalue weighted by Crippen LogP contribution is -2.62. The van der Waals surface area contributed by atoms with Gasteiger partial charge in [0.05, 0.1) is 0 Å². The van der Waals surface area contributed by atoms with Gasteiger partial charge in [0.15, 0.2) is 0 Å². The van der Waals surface area contributed by atoms with Gasteiger partial charge in [-0.1, -0.05) is 33.1 Å². The first-order valence-electron chi connectivity index (χ1n) is 6.72. The molecule has 0 saturated carbocycles. The molecule has 1 aliphatic rings. The van der Waals surface area contributed by atoms with Crippen LogP contribution in [0.3, 0.4) is 0 Å². The third-order valence-corrected chi connectivity index (χ3v) is 3.41. The van der Waals surface area contributed by atoms with Gasteiger partial charge in [0.2, 0.25) is 11.8 Å². The molecular formula is C13H24N2O2. The third kappa shape index (κ3) is 3.45. The van der Waals surface area contributed by atoms with E-state index >= 15 is 0 Å². The van der Waals surface area contributed by atoms with Crippen LogP contribution in [0.4, 0.5) is 0 Å². The second-order valence-electron chi connectivity index (χ2n) is 4.74. The van der Waals surface area contributed by atoms with E-state index in [2.05, 4.69) is 12.2 Å². The first-order chi connectivity index (χ1) is 8.11. The maximum atomic E-state index is 12.1. The van der Waals surface area contributed by atoms with Crippen molar-refractivity contribution >= 4 is 11.8 Å². The minimum Gasteiger partial charge on any atom is -0.343 e. The number of nitrogens with zero attached hydrogens (tertiary/aromatic N) is 1. The van der Waals surface area contributed by atoms with Gasteiger partial charge in [-0.05, 0) is 19.8 Å². The molecule has 4 heteroatoms. The zero-order valence-corrected chi connectivity index (χ0v) is 11.2. The highest BCUT2D eigenvalue weighted by Gasteiger charge is 2.36. The lowest BCUT2D eigenvalue weighted by molar-refractivity contribution is -0.148. The molecule has 0 spiro atoms. The van der Waals surface area contributed by atoms with Crippen molar-refractivity contribution in [1.82, 2.24) is 10.2 Å². The fraction of sp³-hybridized carbons (Fsp3) is 0.846. The zero-order valence-electron chi connectivity index (χ0n) is 11.2. The largest absolute Gasteiger partial charge is 0.343 e. The van der Waals surface area contributed by atoms with Crippen molar-refractivity contribution in [2.24, 2.45) is 0 Å². The predicted molar refractivity (Wildman–Crippen MR) is 67.5 cm³/mol. The fourth-order valence-electron chi connectivity index (χ4n) is 2.18. The van der Waals surface area contributed by atoms with Gasteiger partial charge < -0.3 is 10.2 Å². The van der Waals surface area contributed by atoms with Crippen LogP contribution in [0.5, 0.6) is 0 Å². The Hall–Kier alpha value is -1.06. The van der Waals surface area contributed by atoms with Crippen LogP contribution in [0.25, 0.3) is 0 Å². The van der Waals surface area contributed by atoms with Gasteiger partial charge >= 0.3 is 0 Å². The monoisotopic (exact) mass is 240 g/mol. The molecule has 17 heavy (non-hydrogen) atoms. The number of carbonyl (C=O) groups is 2. The van der Waals surface area contributed by atoms with Crippen molar-refractivity contribution in [3.63, 3.8) is 0 Å². The topological polar surface area (TPSA) is 49.4 Å². The molecule has 0 aromatic rings. The maximum absolute atomic E-state index is 12.1. The summed E-state index contributed by atoms with van der Waals surface area (Å²) in [5.41, 5.74) is 0. The quantitative estimate of drug-likeness (QED) is 0.718. The van der Waals surface area contributed by atoms with Crippen LogP contribution in [0.15, 0.2) is 0 Å². The van der Waals surface area contributed by atoms with Crippen molar-refractivity contribution < 1.29 is 9.59 Å². The third-order valence-electron chi connectivity index (χ3n) is 3.41. The Morgan fingerprint density at radius 2 is 1.88 bits per heavy atom. The normalized spacial score (nSPS) is 25.0. The highest BCUT2D eigenvalue weighted by molar-refractivity contribution is 5.96. The van der Waals surface area contributed by atoms with Crippen LogP contribution in [0.2, 0.25) is 0 Å². The molecule has 1 aliphatic heterocycles. The molecule has 1 saturated heterocycles. The van der Waals surface area contributed by atoms with Gasteiger partial charge in [-0.25, -0.2) is 0 Å². The van der Waals surface area contributed by atoms with Gasteiger partial charge in [0, 0.05) is 6.54 Å². The Bertz CT molecular complexity index is 279. The molecule has 4 nitrogen and oxygen atoms in total. The minimum absolute atomic E-state index is 0.0214. The van der Waals surface area contributed by atoms with E-state index in [-0.39, 0.29) is 23.9 Å². The van der Waals surface area contributed by atoms with Crippen LogP contribution in [-0.4, -0.2) is 35.3 Å². The standard InChI is InChI=1S/C13H24N2O2/c1-4-6-7-8-9-15-10(3)12(16)14-11(5-2)13(15)17/h10-11H,4-9H2,1-3H3,(H,14,16). The number of carbonyl (C=O) groups excluding carboxylic acids is 2. The molecule has 1 fully saturated rings. The smallest absolute Gasteiger partial charge is 0.245 e. The number of hydrogen-bond acceptors (Lipinski definition) is 2. The molecule has 0 radical (unpaired) electrons. The zero-order chi connectivity index (χ0) is 12.8. The number of unbranched alkanes of at least 4 members (excludes halogenated alkanes) is 3. The molecule has 0 aliphatic carbocycles. The van der Waals surface area contributed by atoms with Crippen molar-refractivity contribution in [1.29, 1.82) is 0 Å². The average Bonchev–Trinajstić information content (AvgIpc) is 2.33. The highest BCUT2D eigenvalue weighted by Crippen LogP contribution is 2.13. The van der Waals surface area contributed by atoms with Gasteiger partial charge in [-0.3, -0.25) is 9.59 Å². The summed E-state index contributed by atoms with van der Waals surface area (Å²) in [4.78, 5) is 25.5. The molecule has 0 aromatic carbocycles. The van der Waals surface area contributed by atoms with Crippen LogP contribution >= 0.6 is 0 Å². The maximum Gasteiger partial charge on any atom is 0.245 e. The number of rotatable bonds is 6. The molecular weight excluding hydrogens is 216 g/mol. The van der Waals surface area contributed by atoms with Gasteiger partial charge in [0.25, 0.3) is 0 Å². The summed E-state index contributed by atoms with van der Waals surface area (Å²) in [6, 6.07) is -0.628. The molecule has 0 bridgehead atoms. The van der Waals surface area contributed by atoms with E-state index in [9.17, 15) is 9.59 Å². The molecule has 0 aromatic heterocycles. The molecule has 1 heterocycles. The molecule has 2 unspecified atom stereocenters. The van der Waals surface area contributed by atoms with E-state index in [1.807, 2.05) is 6.92 Å². The lowest BCUT2D eigenvalue weighted by atomic mass is 10.1. The highest BCUT2D eigenvalue weighted by atomic mass is 16.2. The molecule has 1 rings (SSSR count). The Labute approximate surface area is 104 Å². The Morgan fingerprint density at radius 3 is 2.47 bits per heavy atom. The second-order valence-corrected chi connectivity index (χ2v) is 4.74. The first kappa shape index (κ1) is 14.0. The number of amides is 2. The average molecular weight is 240 g/mol. The van der Waals surface area contributed by atoms with Gasteiger partial charge in [0.1, 0.15) is 12.1 Å². The predicted octanol–water partition coefficient (Wildman–Crippen LogP) is 1.69. The summed E-state index contributed by atoms with van der Waals surface area (Å²) >= 11 is 0. The minimum atomic E-state index is -0.315. The summed E-state index contributed by atoms with van der Waals surface area (Å²) < 4.78 is 0. The number of nitrogens with one attached hydrogen (secondary N) is 1. The van der Waals surface area contributed by atoms with Crippen molar-refractivity contribution in [2.45, 2.75) is 65.0 Å². The summed E-state index contributed by atoms with van der Waals surface area (Å²) in [7, 11) is 0. The van der Waals surface area contributed by atoms with Gasteiger partial charge in [-0.2, -0.15) is 0 Å². The Kier molecular flexibility index (Phi) is 5.45. The number of piperazine rings is 1. The van der Waals surface area contributed by atoms with Crippen LogP contribution in [0.1, 0.15) is 52.9 Å². The summed E-state index contributed by atoms with van der Waals surface area (Å²) in [6.45, 7) is 6.60. The van der Waals surface area contributed by atoms with E-state index in [1.54, 1.807) is 11.8 Å². The van der Waals surface area contributed by atoms with Crippen LogP contribution in [-0.2, 0) is 9.59 Å². The van der Waals surface area contributed by atoms with E-state index in [1.165, 1.54) is 12.8 Å². The van der Waals surface area contributed by atoms with E-state index < -0.39 is 0 Å². The second kappa shape index (κ2) is 6.62. The molecule has 2 amide bonds. The fourth-order valence-corrected chi connectivity index (χ4v) is 2.18. The van der Waals surface area contributed by atoms with Crippen molar-refractivity contribution in [3.8, 4) is 0 Å². The SMILES string of the molecule is CCCCCCN1C(=O)C(CC)NC(=O)C1C. The Morgan fingerprint density at radius 1 is 1.18 bits per heavy atom. The van der Waals surface area contributed by atoms with Crippen LogP contribution in [0, 0.1) is 0 Å². The van der Waals surface area contributed by atoms with Gasteiger partial charge in [-0.15, -0.1) is 0 Å². The summed E-state index contributed by atoms with van der Waals surface area (Å²) in [5.74, 6) is 0.0584. The first-order valence-corrected chi connectivity index (χ1v) is 6.72. The summed E-state index contributed by atoms with van der Waals surface area (Å²) in [5, 5.41) is 2.77.